The van der Waals surface area contributed by atoms with Gasteiger partial charge in [-0.25, -0.2) is 0 Å². The minimum absolute atomic E-state index is 0.214. The molecule has 1 aromatic heterocycles. The highest BCUT2D eigenvalue weighted by Crippen LogP contribution is 2.08. The van der Waals surface area contributed by atoms with E-state index < -0.39 is 0 Å². The topological polar surface area (TPSA) is 49.2 Å². The van der Waals surface area contributed by atoms with Gasteiger partial charge in [-0.05, 0) is 25.0 Å². The van der Waals surface area contributed by atoms with Gasteiger partial charge in [0.1, 0.15) is 0 Å². The lowest BCUT2D eigenvalue weighted by molar-refractivity contribution is 0.290. The second-order valence-electron chi connectivity index (χ2n) is 3.63. The maximum atomic E-state index is 8.71. The van der Waals surface area contributed by atoms with Gasteiger partial charge in [-0.15, -0.1) is 5.10 Å². The average Bonchev–Trinajstić information content (AvgIpc) is 2.27. The molecule has 1 rings (SSSR count). The third kappa shape index (κ3) is 3.83. The quantitative estimate of drug-likeness (QED) is 0.766. The Kier molecular flexibility index (Phi) is 5.04. The number of aliphatic hydroxyl groups is 1. The van der Waals surface area contributed by atoms with Crippen LogP contribution in [-0.4, -0.2) is 35.5 Å². The lowest BCUT2D eigenvalue weighted by Gasteiger charge is -2.16. The SMILES string of the molecule is CCCc1ccc(N(C)CCCO)nn1. The molecule has 0 aromatic carbocycles. The van der Waals surface area contributed by atoms with Crippen LogP contribution in [0.1, 0.15) is 25.5 Å². The number of hydrogen-bond donors (Lipinski definition) is 1. The van der Waals surface area contributed by atoms with Crippen LogP contribution in [0.4, 0.5) is 5.82 Å². The molecule has 0 unspecified atom stereocenters. The molecule has 0 aliphatic rings. The summed E-state index contributed by atoms with van der Waals surface area (Å²) in [6.45, 7) is 3.15. The molecule has 0 aliphatic heterocycles. The number of aliphatic hydroxyl groups excluding tert-OH is 1. The fourth-order valence-electron chi connectivity index (χ4n) is 1.37. The zero-order valence-electron chi connectivity index (χ0n) is 9.48. The molecule has 1 aromatic rings. The summed E-state index contributed by atoms with van der Waals surface area (Å²) in [6.07, 6.45) is 2.83. The molecule has 1 N–H and O–H groups in total. The summed E-state index contributed by atoms with van der Waals surface area (Å²) in [5.41, 5.74) is 1.04. The standard InChI is InChI=1S/C11H19N3O/c1-3-5-10-6-7-11(13-12-10)14(2)8-4-9-15/h6-7,15H,3-5,8-9H2,1-2H3. The van der Waals surface area contributed by atoms with Gasteiger partial charge in [0.2, 0.25) is 0 Å². The van der Waals surface area contributed by atoms with Crippen molar-refractivity contribution in [2.24, 2.45) is 0 Å². The van der Waals surface area contributed by atoms with E-state index in [1.165, 1.54) is 0 Å². The van der Waals surface area contributed by atoms with Gasteiger partial charge in [0, 0.05) is 20.2 Å². The van der Waals surface area contributed by atoms with Crippen molar-refractivity contribution in [3.8, 4) is 0 Å². The van der Waals surface area contributed by atoms with Gasteiger partial charge in [0.25, 0.3) is 0 Å². The summed E-state index contributed by atoms with van der Waals surface area (Å²) in [5.74, 6) is 0.864. The first-order valence-corrected chi connectivity index (χ1v) is 5.42. The van der Waals surface area contributed by atoms with E-state index in [0.717, 1.165) is 37.3 Å². The molecule has 0 atom stereocenters. The van der Waals surface area contributed by atoms with Crippen molar-refractivity contribution < 1.29 is 5.11 Å². The Labute approximate surface area is 90.9 Å². The molecule has 4 heteroatoms. The van der Waals surface area contributed by atoms with Crippen LogP contribution in [0.15, 0.2) is 12.1 Å². The van der Waals surface area contributed by atoms with E-state index in [4.69, 9.17) is 5.11 Å². The van der Waals surface area contributed by atoms with Crippen molar-refractivity contribution in [1.82, 2.24) is 10.2 Å². The second kappa shape index (κ2) is 6.35. The molecule has 0 saturated heterocycles. The predicted octanol–water partition coefficient (Wildman–Crippen LogP) is 1.25. The van der Waals surface area contributed by atoms with Crippen LogP contribution in [0.5, 0.6) is 0 Å². The first-order valence-electron chi connectivity index (χ1n) is 5.42. The van der Waals surface area contributed by atoms with Gasteiger partial charge in [0.15, 0.2) is 5.82 Å². The Morgan fingerprint density at radius 2 is 2.13 bits per heavy atom. The van der Waals surface area contributed by atoms with Crippen LogP contribution in [-0.2, 0) is 6.42 Å². The van der Waals surface area contributed by atoms with Gasteiger partial charge in [-0.3, -0.25) is 0 Å². The van der Waals surface area contributed by atoms with Crippen LogP contribution >= 0.6 is 0 Å². The number of aryl methyl sites for hydroxylation is 1. The minimum Gasteiger partial charge on any atom is -0.396 e. The van der Waals surface area contributed by atoms with Gasteiger partial charge >= 0.3 is 0 Å². The lowest BCUT2D eigenvalue weighted by Crippen LogP contribution is -2.21. The highest BCUT2D eigenvalue weighted by atomic mass is 16.3. The third-order valence-corrected chi connectivity index (χ3v) is 2.25. The molecule has 0 amide bonds. The van der Waals surface area contributed by atoms with Gasteiger partial charge < -0.3 is 10.0 Å². The van der Waals surface area contributed by atoms with E-state index in [2.05, 4.69) is 17.1 Å². The molecule has 0 bridgehead atoms. The number of nitrogens with zero attached hydrogens (tertiary/aromatic N) is 3. The predicted molar refractivity (Wildman–Crippen MR) is 61.0 cm³/mol. The Bertz CT molecular complexity index is 274. The summed E-state index contributed by atoms with van der Waals surface area (Å²) in [4.78, 5) is 2.00. The fourth-order valence-corrected chi connectivity index (χ4v) is 1.37. The first kappa shape index (κ1) is 11.9. The van der Waals surface area contributed by atoms with E-state index in [9.17, 15) is 0 Å². The minimum atomic E-state index is 0.214. The van der Waals surface area contributed by atoms with Crippen molar-refractivity contribution in [2.75, 3.05) is 25.1 Å². The Morgan fingerprint density at radius 1 is 1.33 bits per heavy atom. The Balaban J connectivity index is 2.54. The number of rotatable bonds is 6. The van der Waals surface area contributed by atoms with E-state index in [-0.39, 0.29) is 6.61 Å². The Hall–Kier alpha value is -1.16. The molecule has 0 spiro atoms. The summed E-state index contributed by atoms with van der Waals surface area (Å²) >= 11 is 0. The van der Waals surface area contributed by atoms with E-state index in [0.29, 0.717) is 0 Å². The smallest absolute Gasteiger partial charge is 0.150 e. The Morgan fingerprint density at radius 3 is 2.67 bits per heavy atom. The van der Waals surface area contributed by atoms with Crippen molar-refractivity contribution in [1.29, 1.82) is 0 Å². The van der Waals surface area contributed by atoms with Crippen molar-refractivity contribution in [2.45, 2.75) is 26.2 Å². The summed E-state index contributed by atoms with van der Waals surface area (Å²) in [7, 11) is 1.96. The fraction of sp³-hybridized carbons (Fsp3) is 0.636. The number of aromatic nitrogens is 2. The zero-order chi connectivity index (χ0) is 11.1. The molecular weight excluding hydrogens is 190 g/mol. The molecule has 0 radical (unpaired) electrons. The van der Waals surface area contributed by atoms with Crippen LogP contribution in [0.2, 0.25) is 0 Å². The maximum Gasteiger partial charge on any atom is 0.150 e. The summed E-state index contributed by atoms with van der Waals surface area (Å²) in [6, 6.07) is 4.00. The second-order valence-corrected chi connectivity index (χ2v) is 3.63. The van der Waals surface area contributed by atoms with E-state index in [1.54, 1.807) is 0 Å². The van der Waals surface area contributed by atoms with Gasteiger partial charge in [-0.2, -0.15) is 5.10 Å². The van der Waals surface area contributed by atoms with Gasteiger partial charge in [-0.1, -0.05) is 13.3 Å². The zero-order valence-corrected chi connectivity index (χ0v) is 9.48. The summed E-state index contributed by atoms with van der Waals surface area (Å²) in [5, 5.41) is 17.0. The molecule has 0 fully saturated rings. The molecule has 0 aliphatic carbocycles. The van der Waals surface area contributed by atoms with Crippen LogP contribution in [0.25, 0.3) is 0 Å². The molecule has 84 valence electrons. The lowest BCUT2D eigenvalue weighted by atomic mass is 10.2. The van der Waals surface area contributed by atoms with Crippen molar-refractivity contribution >= 4 is 5.82 Å². The molecule has 15 heavy (non-hydrogen) atoms. The average molecular weight is 209 g/mol. The van der Waals surface area contributed by atoms with Crippen molar-refractivity contribution in [3.05, 3.63) is 17.8 Å². The van der Waals surface area contributed by atoms with Crippen LogP contribution in [0, 0.1) is 0 Å². The largest absolute Gasteiger partial charge is 0.396 e. The number of anilines is 1. The third-order valence-electron chi connectivity index (χ3n) is 2.25. The molecule has 4 nitrogen and oxygen atoms in total. The van der Waals surface area contributed by atoms with E-state index >= 15 is 0 Å². The first-order chi connectivity index (χ1) is 7.27. The van der Waals surface area contributed by atoms with Gasteiger partial charge in [0.05, 0.1) is 5.69 Å². The molecule has 1 heterocycles. The molecular formula is C11H19N3O. The van der Waals surface area contributed by atoms with E-state index in [1.807, 2.05) is 24.1 Å². The normalized spacial score (nSPS) is 10.3. The van der Waals surface area contributed by atoms with Crippen molar-refractivity contribution in [3.63, 3.8) is 0 Å². The summed E-state index contributed by atoms with van der Waals surface area (Å²) < 4.78 is 0. The van der Waals surface area contributed by atoms with Crippen LogP contribution in [0.3, 0.4) is 0 Å². The maximum absolute atomic E-state index is 8.71. The highest BCUT2D eigenvalue weighted by Gasteiger charge is 2.02. The van der Waals surface area contributed by atoms with Crippen LogP contribution < -0.4 is 4.90 Å². The highest BCUT2D eigenvalue weighted by molar-refractivity contribution is 5.35. The monoisotopic (exact) mass is 209 g/mol. The molecule has 0 saturated carbocycles. The number of hydrogen-bond acceptors (Lipinski definition) is 4.